The van der Waals surface area contributed by atoms with E-state index in [1.807, 2.05) is 0 Å². The molecule has 1 atom stereocenters. The zero-order chi connectivity index (χ0) is 19.3. The first-order valence-corrected chi connectivity index (χ1v) is 10.3. The van der Waals surface area contributed by atoms with Gasteiger partial charge in [0.15, 0.2) is 11.5 Å². The average molecular weight is 384 g/mol. The molecule has 8 heteroatoms. The molecule has 1 N–H and O–H groups in total. The molecule has 26 heavy (non-hydrogen) atoms. The smallest absolute Gasteiger partial charge is 0.243 e. The average Bonchev–Trinajstić information content (AvgIpc) is 3.11. The molecule has 0 aliphatic carbocycles. The Bertz CT molecular complexity index is 733. The van der Waals surface area contributed by atoms with Crippen molar-refractivity contribution in [2.45, 2.75) is 44.0 Å². The van der Waals surface area contributed by atoms with Crippen LogP contribution in [0, 0.1) is 5.92 Å². The van der Waals surface area contributed by atoms with Crippen LogP contribution in [0.4, 0.5) is 0 Å². The molecule has 1 fully saturated rings. The molecule has 146 valence electrons. The van der Waals surface area contributed by atoms with E-state index in [0.29, 0.717) is 43.3 Å². The second-order valence-electron chi connectivity index (χ2n) is 6.76. The van der Waals surface area contributed by atoms with Gasteiger partial charge in [-0.2, -0.15) is 4.31 Å². The fourth-order valence-corrected chi connectivity index (χ4v) is 4.68. The van der Waals surface area contributed by atoms with Gasteiger partial charge < -0.3 is 14.8 Å². The number of rotatable bonds is 8. The summed E-state index contributed by atoms with van der Waals surface area (Å²) in [5, 5.41) is 2.86. The van der Waals surface area contributed by atoms with E-state index in [1.54, 1.807) is 6.07 Å². The number of carbonyl (C=O) groups is 1. The summed E-state index contributed by atoms with van der Waals surface area (Å²) in [4.78, 5) is 12.6. The molecule has 0 spiro atoms. The van der Waals surface area contributed by atoms with Gasteiger partial charge in [-0.25, -0.2) is 8.42 Å². The molecule has 0 bridgehead atoms. The minimum absolute atomic E-state index is 0.0945. The molecular formula is C18H28N2O5S. The topological polar surface area (TPSA) is 84.9 Å². The van der Waals surface area contributed by atoms with Gasteiger partial charge in [0, 0.05) is 19.2 Å². The Labute approximate surface area is 155 Å². The Morgan fingerprint density at radius 3 is 2.58 bits per heavy atom. The van der Waals surface area contributed by atoms with Crippen molar-refractivity contribution in [2.24, 2.45) is 5.92 Å². The Morgan fingerprint density at radius 1 is 1.27 bits per heavy atom. The highest BCUT2D eigenvalue weighted by Crippen LogP contribution is 2.33. The lowest BCUT2D eigenvalue weighted by Gasteiger charge is -2.24. The number of sulfonamides is 1. The molecule has 0 aromatic heterocycles. The van der Waals surface area contributed by atoms with Crippen LogP contribution in [0.1, 0.15) is 33.1 Å². The fraction of sp³-hybridized carbons (Fsp3) is 0.611. The standard InChI is InChI=1S/C18H28N2O5S/c1-13(2)9-10-19-18(21)15-6-5-11-20(15)26(22,23)14-7-8-16(24-3)17(12-14)25-4/h7-8,12-13,15H,5-6,9-11H2,1-4H3,(H,19,21). The van der Waals surface area contributed by atoms with Crippen LogP contribution in [0.15, 0.2) is 23.1 Å². The summed E-state index contributed by atoms with van der Waals surface area (Å²) in [5.41, 5.74) is 0. The molecule has 1 unspecified atom stereocenters. The minimum Gasteiger partial charge on any atom is -0.493 e. The molecule has 1 heterocycles. The largest absolute Gasteiger partial charge is 0.493 e. The number of benzene rings is 1. The maximum absolute atomic E-state index is 13.0. The SMILES string of the molecule is COc1ccc(S(=O)(=O)N2CCCC2C(=O)NCCC(C)C)cc1OC. The number of methoxy groups -OCH3 is 2. The number of nitrogens with one attached hydrogen (secondary N) is 1. The zero-order valence-electron chi connectivity index (χ0n) is 15.8. The molecule has 1 aliphatic rings. The zero-order valence-corrected chi connectivity index (χ0v) is 16.6. The molecule has 7 nitrogen and oxygen atoms in total. The third-order valence-electron chi connectivity index (χ3n) is 4.49. The quantitative estimate of drug-likeness (QED) is 0.741. The van der Waals surface area contributed by atoms with Gasteiger partial charge in [-0.05, 0) is 37.3 Å². The molecule has 1 aromatic rings. The Kier molecular flexibility index (Phi) is 6.88. The summed E-state index contributed by atoms with van der Waals surface area (Å²) in [6.07, 6.45) is 2.05. The molecule has 0 radical (unpaired) electrons. The fourth-order valence-electron chi connectivity index (χ4n) is 3.00. The van der Waals surface area contributed by atoms with Crippen LogP contribution in [0.25, 0.3) is 0 Å². The molecule has 1 aromatic carbocycles. The predicted octanol–water partition coefficient (Wildman–Crippen LogP) is 2.02. The van der Waals surface area contributed by atoms with Crippen LogP contribution in [0.5, 0.6) is 11.5 Å². The number of amides is 1. The van der Waals surface area contributed by atoms with Gasteiger partial charge in [-0.3, -0.25) is 4.79 Å². The van der Waals surface area contributed by atoms with Crippen LogP contribution in [0.2, 0.25) is 0 Å². The molecule has 1 amide bonds. The Hall–Kier alpha value is -1.80. The molecule has 1 saturated heterocycles. The predicted molar refractivity (Wildman–Crippen MR) is 98.9 cm³/mol. The lowest BCUT2D eigenvalue weighted by molar-refractivity contribution is -0.124. The highest BCUT2D eigenvalue weighted by Gasteiger charge is 2.39. The van der Waals surface area contributed by atoms with Crippen molar-refractivity contribution in [2.75, 3.05) is 27.3 Å². The van der Waals surface area contributed by atoms with E-state index in [2.05, 4.69) is 19.2 Å². The summed E-state index contributed by atoms with van der Waals surface area (Å²) in [5.74, 6) is 1.04. The highest BCUT2D eigenvalue weighted by atomic mass is 32.2. The first-order valence-electron chi connectivity index (χ1n) is 8.82. The van der Waals surface area contributed by atoms with Crippen molar-refractivity contribution in [3.8, 4) is 11.5 Å². The minimum atomic E-state index is -3.79. The van der Waals surface area contributed by atoms with Gasteiger partial charge in [-0.15, -0.1) is 0 Å². The molecule has 2 rings (SSSR count). The van der Waals surface area contributed by atoms with Gasteiger partial charge >= 0.3 is 0 Å². The van der Waals surface area contributed by atoms with Crippen molar-refractivity contribution in [3.63, 3.8) is 0 Å². The maximum Gasteiger partial charge on any atom is 0.243 e. The summed E-state index contributed by atoms with van der Waals surface area (Å²) >= 11 is 0. The summed E-state index contributed by atoms with van der Waals surface area (Å²) < 4.78 is 37.7. The van der Waals surface area contributed by atoms with E-state index in [4.69, 9.17) is 9.47 Å². The number of carbonyl (C=O) groups excluding carboxylic acids is 1. The van der Waals surface area contributed by atoms with Crippen LogP contribution in [0.3, 0.4) is 0 Å². The molecular weight excluding hydrogens is 356 g/mol. The van der Waals surface area contributed by atoms with Crippen molar-refractivity contribution in [1.82, 2.24) is 9.62 Å². The van der Waals surface area contributed by atoms with Crippen molar-refractivity contribution < 1.29 is 22.7 Å². The van der Waals surface area contributed by atoms with Gasteiger partial charge in [0.2, 0.25) is 15.9 Å². The normalized spacial score (nSPS) is 18.1. The third-order valence-corrected chi connectivity index (χ3v) is 6.39. The highest BCUT2D eigenvalue weighted by molar-refractivity contribution is 7.89. The van der Waals surface area contributed by atoms with Crippen LogP contribution in [-0.2, 0) is 14.8 Å². The lowest BCUT2D eigenvalue weighted by Crippen LogP contribution is -2.46. The van der Waals surface area contributed by atoms with Crippen LogP contribution in [-0.4, -0.2) is 52.0 Å². The monoisotopic (exact) mass is 384 g/mol. The number of nitrogens with zero attached hydrogens (tertiary/aromatic N) is 1. The summed E-state index contributed by atoms with van der Waals surface area (Å²) in [6, 6.07) is 3.79. The second kappa shape index (κ2) is 8.73. The van der Waals surface area contributed by atoms with Crippen molar-refractivity contribution >= 4 is 15.9 Å². The number of hydrogen-bond donors (Lipinski definition) is 1. The second-order valence-corrected chi connectivity index (χ2v) is 8.65. The maximum atomic E-state index is 13.0. The van der Waals surface area contributed by atoms with E-state index in [0.717, 1.165) is 6.42 Å². The van der Waals surface area contributed by atoms with Gasteiger partial charge in [0.1, 0.15) is 6.04 Å². The van der Waals surface area contributed by atoms with Crippen molar-refractivity contribution in [3.05, 3.63) is 18.2 Å². The lowest BCUT2D eigenvalue weighted by atomic mass is 10.1. The Morgan fingerprint density at radius 2 is 1.96 bits per heavy atom. The van der Waals surface area contributed by atoms with Crippen LogP contribution >= 0.6 is 0 Å². The third kappa shape index (κ3) is 4.48. The van der Waals surface area contributed by atoms with E-state index >= 15 is 0 Å². The molecule has 0 saturated carbocycles. The van der Waals surface area contributed by atoms with Gasteiger partial charge in [0.05, 0.1) is 19.1 Å². The number of hydrogen-bond acceptors (Lipinski definition) is 5. The first-order chi connectivity index (χ1) is 12.3. The van der Waals surface area contributed by atoms with Crippen molar-refractivity contribution in [1.29, 1.82) is 0 Å². The van der Waals surface area contributed by atoms with E-state index in [1.165, 1.54) is 30.7 Å². The number of ether oxygens (including phenoxy) is 2. The summed E-state index contributed by atoms with van der Waals surface area (Å²) in [7, 11) is -0.851. The molecule has 1 aliphatic heterocycles. The Balaban J connectivity index is 2.20. The van der Waals surface area contributed by atoms with E-state index in [-0.39, 0.29) is 10.8 Å². The summed E-state index contributed by atoms with van der Waals surface area (Å²) in [6.45, 7) is 5.04. The first kappa shape index (κ1) is 20.5. The van der Waals surface area contributed by atoms with E-state index in [9.17, 15) is 13.2 Å². The van der Waals surface area contributed by atoms with Crippen LogP contribution < -0.4 is 14.8 Å². The van der Waals surface area contributed by atoms with E-state index < -0.39 is 16.1 Å². The van der Waals surface area contributed by atoms with Gasteiger partial charge in [-0.1, -0.05) is 13.8 Å². The van der Waals surface area contributed by atoms with Gasteiger partial charge in [0.25, 0.3) is 0 Å².